The van der Waals surface area contributed by atoms with E-state index >= 15 is 0 Å². The lowest BCUT2D eigenvalue weighted by atomic mass is 9.66. The number of para-hydroxylation sites is 1. The van der Waals surface area contributed by atoms with E-state index in [-0.39, 0.29) is 36.9 Å². The minimum absolute atomic E-state index is 0.0281. The second kappa shape index (κ2) is 7.35. The molecular weight excluding hydrogens is 386 g/mol. The Morgan fingerprint density at radius 3 is 2.57 bits per heavy atom. The summed E-state index contributed by atoms with van der Waals surface area (Å²) in [5.74, 6) is -2.35. The van der Waals surface area contributed by atoms with Crippen LogP contribution in [0.3, 0.4) is 0 Å². The Bertz CT molecular complexity index is 860. The molecule has 0 aromatic heterocycles. The van der Waals surface area contributed by atoms with Gasteiger partial charge in [-0.05, 0) is 45.7 Å². The molecule has 3 aliphatic rings. The Labute approximate surface area is 176 Å². The maximum atomic E-state index is 13.4. The van der Waals surface area contributed by atoms with Crippen LogP contribution in [0.2, 0.25) is 0 Å². The highest BCUT2D eigenvalue weighted by Crippen LogP contribution is 2.63. The SMILES string of the molecule is CC(C)NC(=O)C1N(CCO)C(=O)[C@@H]2[C@@H](C(=O)Nc3ccccc3)[C@@]3(C)CCC12O3. The second-order valence-corrected chi connectivity index (χ2v) is 9.00. The zero-order chi connectivity index (χ0) is 21.7. The molecule has 5 atom stereocenters. The van der Waals surface area contributed by atoms with E-state index in [2.05, 4.69) is 10.6 Å². The Hall–Kier alpha value is -2.45. The Morgan fingerprint density at radius 2 is 1.93 bits per heavy atom. The number of ether oxygens (including phenoxy) is 1. The smallest absolute Gasteiger partial charge is 0.246 e. The van der Waals surface area contributed by atoms with Crippen LogP contribution in [0.5, 0.6) is 0 Å². The summed E-state index contributed by atoms with van der Waals surface area (Å²) in [6.07, 6.45) is 1.11. The van der Waals surface area contributed by atoms with Gasteiger partial charge in [-0.25, -0.2) is 0 Å². The molecule has 0 radical (unpaired) electrons. The molecule has 1 aromatic carbocycles. The van der Waals surface area contributed by atoms with Crippen molar-refractivity contribution in [2.45, 2.75) is 56.9 Å². The van der Waals surface area contributed by atoms with Gasteiger partial charge in [-0.3, -0.25) is 14.4 Å². The van der Waals surface area contributed by atoms with Gasteiger partial charge in [-0.15, -0.1) is 0 Å². The summed E-state index contributed by atoms with van der Waals surface area (Å²) in [6, 6.07) is 8.12. The number of benzene rings is 1. The van der Waals surface area contributed by atoms with Gasteiger partial charge in [0.1, 0.15) is 11.6 Å². The molecular formula is C22H29N3O5. The quantitative estimate of drug-likeness (QED) is 0.640. The molecule has 2 unspecified atom stereocenters. The zero-order valence-corrected chi connectivity index (χ0v) is 17.6. The molecule has 3 aliphatic heterocycles. The molecule has 3 heterocycles. The van der Waals surface area contributed by atoms with Crippen LogP contribution in [0.15, 0.2) is 30.3 Å². The number of hydrogen-bond acceptors (Lipinski definition) is 5. The summed E-state index contributed by atoms with van der Waals surface area (Å²) < 4.78 is 6.44. The third-order valence-corrected chi connectivity index (χ3v) is 6.62. The lowest BCUT2D eigenvalue weighted by molar-refractivity contribution is -0.145. The third kappa shape index (κ3) is 3.01. The van der Waals surface area contributed by atoms with Crippen LogP contribution in [0.25, 0.3) is 0 Å². The average molecular weight is 415 g/mol. The standard InChI is InChI=1S/C22H29N3O5/c1-13(2)23-19(28)17-22-10-9-21(3,30-22)15(16(22)20(29)25(17)11-12-26)18(27)24-14-7-5-4-6-8-14/h4-8,13,15-17,26H,9-12H2,1-3H3,(H,23,28)(H,24,27)/t15-,16-,17?,21+,22?/m0/s1. The van der Waals surface area contributed by atoms with Crippen LogP contribution < -0.4 is 10.6 Å². The van der Waals surface area contributed by atoms with Gasteiger partial charge in [-0.1, -0.05) is 18.2 Å². The van der Waals surface area contributed by atoms with E-state index in [0.29, 0.717) is 18.5 Å². The maximum absolute atomic E-state index is 13.4. The van der Waals surface area contributed by atoms with E-state index in [1.165, 1.54) is 4.90 Å². The molecule has 3 N–H and O–H groups in total. The van der Waals surface area contributed by atoms with Crippen LogP contribution >= 0.6 is 0 Å². The van der Waals surface area contributed by atoms with Gasteiger partial charge in [0, 0.05) is 18.3 Å². The summed E-state index contributed by atoms with van der Waals surface area (Å²) in [7, 11) is 0. The number of anilines is 1. The highest BCUT2D eigenvalue weighted by molar-refractivity contribution is 6.02. The summed E-state index contributed by atoms with van der Waals surface area (Å²) in [4.78, 5) is 41.3. The van der Waals surface area contributed by atoms with E-state index in [1.807, 2.05) is 39.0 Å². The van der Waals surface area contributed by atoms with Gasteiger partial charge in [0.15, 0.2) is 0 Å². The first-order valence-electron chi connectivity index (χ1n) is 10.5. The molecule has 1 aromatic rings. The van der Waals surface area contributed by atoms with Crippen LogP contribution in [0, 0.1) is 11.8 Å². The molecule has 3 fully saturated rings. The number of β-amino-alcohol motifs (C(OH)–C–C–N with tert-alkyl or cyclic N) is 1. The number of fused-ring (bicyclic) bond motifs is 1. The van der Waals surface area contributed by atoms with Crippen molar-refractivity contribution in [3.05, 3.63) is 30.3 Å². The van der Waals surface area contributed by atoms with Crippen LogP contribution in [-0.4, -0.2) is 64.2 Å². The van der Waals surface area contributed by atoms with E-state index in [0.717, 1.165) is 0 Å². The lowest BCUT2D eigenvalue weighted by Crippen LogP contribution is -2.56. The van der Waals surface area contributed by atoms with E-state index < -0.39 is 29.1 Å². The predicted octanol–water partition coefficient (Wildman–Crippen LogP) is 0.907. The first-order valence-corrected chi connectivity index (χ1v) is 10.5. The minimum Gasteiger partial charge on any atom is -0.395 e. The topological polar surface area (TPSA) is 108 Å². The number of aliphatic hydroxyl groups excluding tert-OH is 1. The summed E-state index contributed by atoms with van der Waals surface area (Å²) in [5, 5.41) is 15.3. The van der Waals surface area contributed by atoms with Crippen molar-refractivity contribution in [1.82, 2.24) is 10.2 Å². The van der Waals surface area contributed by atoms with Gasteiger partial charge in [0.2, 0.25) is 17.7 Å². The number of rotatable bonds is 6. The molecule has 1 spiro atoms. The largest absolute Gasteiger partial charge is 0.395 e. The van der Waals surface area contributed by atoms with Gasteiger partial charge < -0.3 is 25.4 Å². The maximum Gasteiger partial charge on any atom is 0.246 e. The normalized spacial score (nSPS) is 34.4. The van der Waals surface area contributed by atoms with Crippen LogP contribution in [0.4, 0.5) is 5.69 Å². The first-order chi connectivity index (χ1) is 14.2. The summed E-state index contributed by atoms with van der Waals surface area (Å²) in [5.41, 5.74) is -1.23. The molecule has 3 saturated heterocycles. The van der Waals surface area contributed by atoms with Crippen molar-refractivity contribution in [3.8, 4) is 0 Å². The number of nitrogens with zero attached hydrogens (tertiary/aromatic N) is 1. The minimum atomic E-state index is -1.06. The van der Waals surface area contributed by atoms with Gasteiger partial charge in [-0.2, -0.15) is 0 Å². The second-order valence-electron chi connectivity index (χ2n) is 9.00. The Balaban J connectivity index is 1.70. The number of aliphatic hydroxyl groups is 1. The molecule has 8 nitrogen and oxygen atoms in total. The van der Waals surface area contributed by atoms with Crippen molar-refractivity contribution >= 4 is 23.4 Å². The molecule has 30 heavy (non-hydrogen) atoms. The van der Waals surface area contributed by atoms with Crippen molar-refractivity contribution in [2.24, 2.45) is 11.8 Å². The Kier molecular flexibility index (Phi) is 5.10. The average Bonchev–Trinajstić information content (AvgIpc) is 3.24. The van der Waals surface area contributed by atoms with Crippen LogP contribution in [-0.2, 0) is 19.1 Å². The van der Waals surface area contributed by atoms with Crippen molar-refractivity contribution in [3.63, 3.8) is 0 Å². The van der Waals surface area contributed by atoms with Crippen molar-refractivity contribution in [1.29, 1.82) is 0 Å². The fraction of sp³-hybridized carbons (Fsp3) is 0.591. The molecule has 3 amide bonds. The van der Waals surface area contributed by atoms with E-state index in [9.17, 15) is 19.5 Å². The van der Waals surface area contributed by atoms with Gasteiger partial charge >= 0.3 is 0 Å². The Morgan fingerprint density at radius 1 is 1.23 bits per heavy atom. The molecule has 2 bridgehead atoms. The number of hydrogen-bond donors (Lipinski definition) is 3. The highest BCUT2D eigenvalue weighted by Gasteiger charge is 2.77. The van der Waals surface area contributed by atoms with Crippen molar-refractivity contribution < 1.29 is 24.2 Å². The molecule has 0 aliphatic carbocycles. The number of carbonyl (C=O) groups is 3. The lowest BCUT2D eigenvalue weighted by Gasteiger charge is -2.33. The summed E-state index contributed by atoms with van der Waals surface area (Å²) >= 11 is 0. The fourth-order valence-electron chi connectivity index (χ4n) is 5.58. The van der Waals surface area contributed by atoms with Gasteiger partial charge in [0.25, 0.3) is 0 Å². The van der Waals surface area contributed by atoms with Crippen molar-refractivity contribution in [2.75, 3.05) is 18.5 Å². The summed E-state index contributed by atoms with van der Waals surface area (Å²) in [6.45, 7) is 5.32. The van der Waals surface area contributed by atoms with E-state index in [4.69, 9.17) is 4.74 Å². The number of likely N-dealkylation sites (tertiary alicyclic amines) is 1. The predicted molar refractivity (Wildman–Crippen MR) is 109 cm³/mol. The number of carbonyl (C=O) groups excluding carboxylic acids is 3. The van der Waals surface area contributed by atoms with E-state index in [1.54, 1.807) is 12.1 Å². The number of nitrogens with one attached hydrogen (secondary N) is 2. The van der Waals surface area contributed by atoms with Gasteiger partial charge in [0.05, 0.1) is 24.0 Å². The monoisotopic (exact) mass is 415 g/mol. The molecule has 8 heteroatoms. The zero-order valence-electron chi connectivity index (χ0n) is 17.6. The number of amides is 3. The van der Waals surface area contributed by atoms with Crippen LogP contribution in [0.1, 0.15) is 33.6 Å². The molecule has 162 valence electrons. The third-order valence-electron chi connectivity index (χ3n) is 6.62. The fourth-order valence-corrected chi connectivity index (χ4v) is 5.58. The molecule has 0 saturated carbocycles. The highest BCUT2D eigenvalue weighted by atomic mass is 16.5. The first kappa shape index (κ1) is 20.8. The molecule has 4 rings (SSSR count).